The Balaban J connectivity index is 2.49. The first-order valence-electron chi connectivity index (χ1n) is 4.69. The standard InChI is InChI=1S/C9H10F2N2O2S3/c10-17-13(18-11)16-8-3-1-7(2-4-8)6-15-9(14)5-12/h1-4H,5-6,12H2. The molecule has 18 heavy (non-hydrogen) atoms. The number of carbonyl (C=O) groups excluding carboxylic acids is 1. The van der Waals surface area contributed by atoms with E-state index >= 15 is 0 Å². The van der Waals surface area contributed by atoms with E-state index in [4.69, 9.17) is 10.5 Å². The summed E-state index contributed by atoms with van der Waals surface area (Å²) in [5.74, 6) is -0.484. The van der Waals surface area contributed by atoms with Crippen LogP contribution in [0, 0.1) is 0 Å². The number of hydrogen-bond acceptors (Lipinski definition) is 7. The lowest BCUT2D eigenvalue weighted by atomic mass is 10.2. The predicted octanol–water partition coefficient (Wildman–Crippen LogP) is 3.06. The van der Waals surface area contributed by atoms with Crippen LogP contribution in [0.5, 0.6) is 0 Å². The van der Waals surface area contributed by atoms with E-state index in [-0.39, 0.29) is 37.8 Å². The molecule has 0 bridgehead atoms. The molecule has 0 heterocycles. The molecule has 4 nitrogen and oxygen atoms in total. The van der Waals surface area contributed by atoms with Crippen molar-refractivity contribution in [2.24, 2.45) is 5.73 Å². The van der Waals surface area contributed by atoms with E-state index in [1.54, 1.807) is 24.3 Å². The van der Waals surface area contributed by atoms with E-state index in [1.165, 1.54) is 0 Å². The van der Waals surface area contributed by atoms with Crippen molar-refractivity contribution in [2.45, 2.75) is 11.5 Å². The van der Waals surface area contributed by atoms with Crippen LogP contribution in [0.3, 0.4) is 0 Å². The highest BCUT2D eigenvalue weighted by Crippen LogP contribution is 2.37. The molecule has 1 aromatic rings. The molecule has 0 fully saturated rings. The van der Waals surface area contributed by atoms with Crippen molar-refractivity contribution < 1.29 is 17.3 Å². The van der Waals surface area contributed by atoms with Crippen molar-refractivity contribution >= 4 is 42.6 Å². The number of nitrogens with zero attached hydrogens (tertiary/aromatic N) is 1. The quantitative estimate of drug-likeness (QED) is 0.613. The van der Waals surface area contributed by atoms with Crippen LogP contribution in [0.15, 0.2) is 29.2 Å². The molecule has 0 saturated heterocycles. The van der Waals surface area contributed by atoms with Crippen LogP contribution in [0.4, 0.5) is 7.77 Å². The number of benzene rings is 1. The molecule has 0 atom stereocenters. The van der Waals surface area contributed by atoms with Crippen molar-refractivity contribution in [3.8, 4) is 0 Å². The second-order valence-corrected chi connectivity index (χ2v) is 5.68. The average molecular weight is 312 g/mol. The number of ether oxygens (including phenoxy) is 1. The first-order chi connectivity index (χ1) is 8.69. The minimum absolute atomic E-state index is 0.125. The van der Waals surface area contributed by atoms with Gasteiger partial charge in [-0.05, 0) is 29.6 Å². The third-order valence-electron chi connectivity index (χ3n) is 1.78. The van der Waals surface area contributed by atoms with Crippen molar-refractivity contribution in [2.75, 3.05) is 6.54 Å². The summed E-state index contributed by atoms with van der Waals surface area (Å²) in [4.78, 5) is 11.5. The summed E-state index contributed by atoms with van der Waals surface area (Å²) >= 11 is 0.482. The Morgan fingerprint density at radius 3 is 2.39 bits per heavy atom. The summed E-state index contributed by atoms with van der Waals surface area (Å²) in [5.41, 5.74) is 5.86. The molecule has 0 unspecified atom stereocenters. The van der Waals surface area contributed by atoms with E-state index in [2.05, 4.69) is 0 Å². The van der Waals surface area contributed by atoms with Gasteiger partial charge in [-0.2, -0.15) is 0 Å². The van der Waals surface area contributed by atoms with Gasteiger partial charge in [0.2, 0.25) is 0 Å². The van der Waals surface area contributed by atoms with Crippen molar-refractivity contribution in [3.05, 3.63) is 29.8 Å². The van der Waals surface area contributed by atoms with Crippen LogP contribution in [-0.4, -0.2) is 15.6 Å². The third-order valence-corrected chi connectivity index (χ3v) is 3.76. The summed E-state index contributed by atoms with van der Waals surface area (Å²) < 4.78 is 29.9. The minimum atomic E-state index is -0.484. The lowest BCUT2D eigenvalue weighted by molar-refractivity contribution is -0.143. The van der Waals surface area contributed by atoms with Crippen LogP contribution in [0.1, 0.15) is 5.56 Å². The molecule has 0 radical (unpaired) electrons. The first kappa shape index (κ1) is 15.6. The second kappa shape index (κ2) is 8.59. The summed E-state index contributed by atoms with van der Waals surface area (Å²) in [6, 6.07) is 6.76. The number of nitrogens with two attached hydrogens (primary N) is 1. The molecule has 1 aromatic carbocycles. The largest absolute Gasteiger partial charge is 0.460 e. The van der Waals surface area contributed by atoms with Crippen LogP contribution in [0.2, 0.25) is 0 Å². The van der Waals surface area contributed by atoms with E-state index in [1.807, 2.05) is 0 Å². The van der Waals surface area contributed by atoms with Crippen LogP contribution in [0.25, 0.3) is 0 Å². The Labute approximate surface area is 117 Å². The smallest absolute Gasteiger partial charge is 0.320 e. The van der Waals surface area contributed by atoms with Gasteiger partial charge in [0.15, 0.2) is 24.7 Å². The molecule has 0 saturated carbocycles. The summed E-state index contributed by atoms with van der Waals surface area (Å²) in [5, 5.41) is 0. The fraction of sp³-hybridized carbons (Fsp3) is 0.222. The van der Waals surface area contributed by atoms with Crippen molar-refractivity contribution in [1.29, 1.82) is 0 Å². The van der Waals surface area contributed by atoms with Gasteiger partial charge in [0.1, 0.15) is 6.61 Å². The molecule has 1 rings (SSSR count). The zero-order valence-corrected chi connectivity index (χ0v) is 11.5. The van der Waals surface area contributed by atoms with Gasteiger partial charge < -0.3 is 10.5 Å². The normalized spacial score (nSPS) is 10.7. The third kappa shape index (κ3) is 5.44. The van der Waals surface area contributed by atoms with Crippen molar-refractivity contribution in [3.63, 3.8) is 0 Å². The van der Waals surface area contributed by atoms with E-state index in [9.17, 15) is 12.6 Å². The molecule has 0 aromatic heterocycles. The molecule has 0 aliphatic heterocycles. The van der Waals surface area contributed by atoms with Gasteiger partial charge >= 0.3 is 5.97 Å². The Kier molecular flexibility index (Phi) is 7.44. The summed E-state index contributed by atoms with van der Waals surface area (Å²) in [6.07, 6.45) is 0. The van der Waals surface area contributed by atoms with Crippen LogP contribution < -0.4 is 5.73 Å². The maximum atomic E-state index is 12.2. The van der Waals surface area contributed by atoms with Gasteiger partial charge in [-0.3, -0.25) is 4.79 Å². The molecule has 0 amide bonds. The highest BCUT2D eigenvalue weighted by atomic mass is 32.3. The summed E-state index contributed by atoms with van der Waals surface area (Å²) in [7, 11) is 0. The Hall–Kier alpha value is -0.480. The fourth-order valence-electron chi connectivity index (χ4n) is 0.994. The van der Waals surface area contributed by atoms with Crippen molar-refractivity contribution in [1.82, 2.24) is 3.12 Å². The molecule has 2 N–H and O–H groups in total. The highest BCUT2D eigenvalue weighted by Gasteiger charge is 2.09. The van der Waals surface area contributed by atoms with Gasteiger partial charge in [-0.1, -0.05) is 15.2 Å². The van der Waals surface area contributed by atoms with Crippen LogP contribution >= 0.6 is 36.6 Å². The number of rotatable bonds is 7. The van der Waals surface area contributed by atoms with Gasteiger partial charge in [0.25, 0.3) is 0 Å². The number of esters is 1. The summed E-state index contributed by atoms with van der Waals surface area (Å²) in [6.45, 7) is -0.0369. The van der Waals surface area contributed by atoms with Gasteiger partial charge in [-0.15, -0.1) is 7.77 Å². The number of halogens is 2. The number of hydrogen-bond donors (Lipinski definition) is 1. The first-order valence-corrected chi connectivity index (χ1v) is 6.82. The molecule has 0 aliphatic rings. The SMILES string of the molecule is NCC(=O)OCc1ccc(SN(SF)SF)cc1. The fourth-order valence-corrected chi connectivity index (χ4v) is 2.25. The molecule has 100 valence electrons. The van der Waals surface area contributed by atoms with E-state index < -0.39 is 5.97 Å². The second-order valence-electron chi connectivity index (χ2n) is 2.96. The maximum absolute atomic E-state index is 12.2. The predicted molar refractivity (Wildman–Crippen MR) is 70.4 cm³/mol. The zero-order valence-electron chi connectivity index (χ0n) is 9.05. The topological polar surface area (TPSA) is 55.6 Å². The Morgan fingerprint density at radius 1 is 1.28 bits per heavy atom. The maximum Gasteiger partial charge on any atom is 0.320 e. The Morgan fingerprint density at radius 2 is 1.89 bits per heavy atom. The van der Waals surface area contributed by atoms with Crippen LogP contribution in [-0.2, 0) is 16.1 Å². The van der Waals surface area contributed by atoms with E-state index in [0.717, 1.165) is 20.6 Å². The average Bonchev–Trinajstić information content (AvgIpc) is 2.43. The van der Waals surface area contributed by atoms with Gasteiger partial charge in [-0.25, -0.2) is 0 Å². The Bertz CT molecular complexity index is 377. The monoisotopic (exact) mass is 312 g/mol. The molecule has 0 spiro atoms. The highest BCUT2D eigenvalue weighted by molar-refractivity contribution is 8.22. The lowest BCUT2D eigenvalue weighted by Crippen LogP contribution is -2.16. The zero-order chi connectivity index (χ0) is 13.4. The molecular weight excluding hydrogens is 302 g/mol. The minimum Gasteiger partial charge on any atom is -0.460 e. The lowest BCUT2D eigenvalue weighted by Gasteiger charge is -2.08. The van der Waals surface area contributed by atoms with Gasteiger partial charge in [0, 0.05) is 4.90 Å². The number of carbonyl (C=O) groups is 1. The van der Waals surface area contributed by atoms with Gasteiger partial charge in [0.05, 0.1) is 6.54 Å². The molecule has 9 heteroatoms. The molecular formula is C9H10F2N2O2S3. The van der Waals surface area contributed by atoms with E-state index in [0.29, 0.717) is 4.90 Å². The molecule has 0 aliphatic carbocycles.